The smallest absolute Gasteiger partial charge is 0.222 e. The molecule has 6 nitrogen and oxygen atoms in total. The Morgan fingerprint density at radius 1 is 1.21 bits per heavy atom. The van der Waals surface area contributed by atoms with Crippen molar-refractivity contribution in [3.05, 3.63) is 71.0 Å². The van der Waals surface area contributed by atoms with Crippen LogP contribution in [0.2, 0.25) is 0 Å². The second kappa shape index (κ2) is 11.0. The first-order valence-electron chi connectivity index (χ1n) is 11.7. The number of nitrogens with one attached hydrogen (secondary N) is 2. The second-order valence-corrected chi connectivity index (χ2v) is 10.3. The monoisotopic (exact) mass is 476 g/mol. The summed E-state index contributed by atoms with van der Waals surface area (Å²) in [4.78, 5) is 35.0. The highest BCUT2D eigenvalue weighted by Crippen LogP contribution is 2.37. The van der Waals surface area contributed by atoms with Gasteiger partial charge in [0.1, 0.15) is 5.82 Å². The molecule has 0 aliphatic heterocycles. The van der Waals surface area contributed by atoms with Gasteiger partial charge in [-0.3, -0.25) is 9.59 Å². The molecule has 178 valence electrons. The van der Waals surface area contributed by atoms with Crippen molar-refractivity contribution < 1.29 is 9.59 Å². The van der Waals surface area contributed by atoms with E-state index in [1.54, 1.807) is 6.20 Å². The fourth-order valence-electron chi connectivity index (χ4n) is 4.48. The van der Waals surface area contributed by atoms with Gasteiger partial charge in [0.05, 0.1) is 5.69 Å². The van der Waals surface area contributed by atoms with E-state index in [9.17, 15) is 9.59 Å². The number of aromatic amines is 1. The van der Waals surface area contributed by atoms with Crippen LogP contribution in [0, 0.1) is 5.92 Å². The highest BCUT2D eigenvalue weighted by Gasteiger charge is 2.31. The number of H-pyrrole nitrogens is 1. The molecule has 1 aliphatic rings. The number of pyridine rings is 1. The Hall–Kier alpha value is -2.90. The third-order valence-electron chi connectivity index (χ3n) is 6.04. The molecule has 0 radical (unpaired) electrons. The van der Waals surface area contributed by atoms with Crippen molar-refractivity contribution in [3.8, 4) is 11.3 Å². The fourth-order valence-corrected chi connectivity index (χ4v) is 5.71. The van der Waals surface area contributed by atoms with Gasteiger partial charge in [-0.15, -0.1) is 0 Å². The van der Waals surface area contributed by atoms with E-state index in [1.165, 1.54) is 6.92 Å². The summed E-state index contributed by atoms with van der Waals surface area (Å²) in [6.07, 6.45) is 3.84. The molecule has 2 N–H and O–H groups in total. The average molecular weight is 477 g/mol. The lowest BCUT2D eigenvalue weighted by atomic mass is 9.84. The van der Waals surface area contributed by atoms with Crippen LogP contribution in [0.25, 0.3) is 11.3 Å². The molecule has 0 spiro atoms. The minimum absolute atomic E-state index is 0.162. The number of anilines is 1. The predicted molar refractivity (Wildman–Crippen MR) is 140 cm³/mol. The maximum atomic E-state index is 13.4. The first kappa shape index (κ1) is 24.2. The van der Waals surface area contributed by atoms with Crippen LogP contribution >= 0.6 is 11.8 Å². The van der Waals surface area contributed by atoms with Crippen LogP contribution in [0.3, 0.4) is 0 Å². The molecule has 34 heavy (non-hydrogen) atoms. The van der Waals surface area contributed by atoms with Crippen LogP contribution < -0.4 is 5.32 Å². The van der Waals surface area contributed by atoms with Crippen molar-refractivity contribution in [3.63, 3.8) is 0 Å². The molecule has 0 saturated carbocycles. The van der Waals surface area contributed by atoms with E-state index in [-0.39, 0.29) is 11.7 Å². The zero-order valence-electron chi connectivity index (χ0n) is 20.1. The van der Waals surface area contributed by atoms with E-state index in [4.69, 9.17) is 0 Å². The topological polar surface area (TPSA) is 78.1 Å². The minimum atomic E-state index is -0.162. The number of nitrogens with zero attached hydrogens (tertiary/aromatic N) is 2. The zero-order chi connectivity index (χ0) is 24.1. The number of hydrogen-bond donors (Lipinski definition) is 2. The minimum Gasteiger partial charge on any atom is -0.358 e. The summed E-state index contributed by atoms with van der Waals surface area (Å²) >= 11 is 1.93. The molecule has 1 amide bonds. The molecule has 7 heteroatoms. The lowest BCUT2D eigenvalue weighted by molar-refractivity contribution is -0.114. The van der Waals surface area contributed by atoms with Gasteiger partial charge in [-0.05, 0) is 55.4 Å². The molecule has 1 aliphatic carbocycles. The Balaban J connectivity index is 1.66. The number of Topliss-reactive ketones (excluding diaryl/α,β-unsaturated/α-hetero) is 1. The van der Waals surface area contributed by atoms with Gasteiger partial charge in [0.25, 0.3) is 0 Å². The van der Waals surface area contributed by atoms with E-state index in [1.807, 2.05) is 42.1 Å². The first-order valence-corrected chi connectivity index (χ1v) is 12.8. The van der Waals surface area contributed by atoms with Gasteiger partial charge < -0.3 is 15.2 Å². The molecule has 1 unspecified atom stereocenters. The second-order valence-electron chi connectivity index (χ2n) is 9.18. The molecule has 2 aromatic heterocycles. The summed E-state index contributed by atoms with van der Waals surface area (Å²) in [5.41, 5.74) is 5.95. The first-order chi connectivity index (χ1) is 16.4. The Kier molecular flexibility index (Phi) is 7.85. The number of aromatic nitrogens is 2. The number of fused-ring (bicyclic) bond motifs is 1. The van der Waals surface area contributed by atoms with Crippen LogP contribution in [0.15, 0.2) is 48.7 Å². The number of carbonyl (C=O) groups excluding carboxylic acids is 2. The maximum absolute atomic E-state index is 13.4. The van der Waals surface area contributed by atoms with Crippen molar-refractivity contribution in [2.45, 2.75) is 26.2 Å². The molecule has 0 fully saturated rings. The molecule has 0 saturated heterocycles. The van der Waals surface area contributed by atoms with E-state index in [2.05, 4.69) is 46.4 Å². The van der Waals surface area contributed by atoms with Gasteiger partial charge >= 0.3 is 0 Å². The number of benzene rings is 1. The molecule has 3 aromatic rings. The molecular weight excluding hydrogens is 444 g/mol. The van der Waals surface area contributed by atoms with Gasteiger partial charge in [-0.2, -0.15) is 11.8 Å². The van der Waals surface area contributed by atoms with Gasteiger partial charge in [-0.25, -0.2) is 4.98 Å². The summed E-state index contributed by atoms with van der Waals surface area (Å²) in [6.45, 7) is 2.51. The van der Waals surface area contributed by atoms with Gasteiger partial charge in [0.15, 0.2) is 5.78 Å². The van der Waals surface area contributed by atoms with Gasteiger partial charge in [0, 0.05) is 55.1 Å². The Morgan fingerprint density at radius 3 is 2.74 bits per heavy atom. The zero-order valence-corrected chi connectivity index (χ0v) is 20.9. The van der Waals surface area contributed by atoms with E-state index < -0.39 is 0 Å². The third-order valence-corrected chi connectivity index (χ3v) is 7.22. The maximum Gasteiger partial charge on any atom is 0.222 e. The van der Waals surface area contributed by atoms with Gasteiger partial charge in [-0.1, -0.05) is 30.3 Å². The van der Waals surface area contributed by atoms with Crippen LogP contribution in [0.4, 0.5) is 5.82 Å². The van der Waals surface area contributed by atoms with E-state index >= 15 is 0 Å². The molecule has 4 rings (SSSR count). The Labute approximate surface area is 205 Å². The Morgan fingerprint density at radius 2 is 2.00 bits per heavy atom. The summed E-state index contributed by atoms with van der Waals surface area (Å²) in [5.74, 6) is 2.97. The summed E-state index contributed by atoms with van der Waals surface area (Å²) in [5, 5.41) is 2.76. The lowest BCUT2D eigenvalue weighted by Crippen LogP contribution is -2.23. The highest BCUT2D eigenvalue weighted by atomic mass is 32.2. The van der Waals surface area contributed by atoms with Crippen molar-refractivity contribution in [1.82, 2.24) is 14.9 Å². The third kappa shape index (κ3) is 5.96. The largest absolute Gasteiger partial charge is 0.358 e. The summed E-state index contributed by atoms with van der Waals surface area (Å²) < 4.78 is 0. The van der Waals surface area contributed by atoms with Crippen LogP contribution in [0.1, 0.15) is 40.5 Å². The lowest BCUT2D eigenvalue weighted by Gasteiger charge is -2.22. The molecule has 2 heterocycles. The molecular formula is C27H32N4O2S. The average Bonchev–Trinajstić information content (AvgIpc) is 3.16. The predicted octanol–water partition coefficient (Wildman–Crippen LogP) is 4.67. The number of thioether (sulfide) groups is 1. The number of rotatable bonds is 9. The highest BCUT2D eigenvalue weighted by molar-refractivity contribution is 7.99. The number of carbonyl (C=O) groups is 2. The van der Waals surface area contributed by atoms with Crippen LogP contribution in [-0.4, -0.2) is 58.7 Å². The number of hydrogen-bond acceptors (Lipinski definition) is 5. The van der Waals surface area contributed by atoms with Crippen molar-refractivity contribution in [2.24, 2.45) is 5.92 Å². The fraction of sp³-hybridized carbons (Fsp3) is 0.370. The number of amides is 1. The summed E-state index contributed by atoms with van der Waals surface area (Å²) in [6, 6.07) is 14.0. The van der Waals surface area contributed by atoms with Crippen LogP contribution in [0.5, 0.6) is 0 Å². The van der Waals surface area contributed by atoms with Crippen molar-refractivity contribution >= 4 is 29.3 Å². The van der Waals surface area contributed by atoms with Crippen LogP contribution in [-0.2, 0) is 17.6 Å². The summed E-state index contributed by atoms with van der Waals surface area (Å²) in [7, 11) is 4.17. The SMILES string of the molecule is CC(=O)Nc1cc(-c2[nH]c3c(c2Cc2ccccc2)C(=O)CC(CSCCN(C)C)C3)ccn1. The van der Waals surface area contributed by atoms with E-state index in [0.29, 0.717) is 24.6 Å². The molecule has 1 atom stereocenters. The molecule has 1 aromatic carbocycles. The standard InChI is InChI=1S/C27H32N4O2S/c1-18(32)29-25-16-21(9-10-28-25)27-22(13-19-7-5-4-6-8-19)26-23(30-27)14-20(15-24(26)33)17-34-12-11-31(2)3/h4-10,16,20,30H,11-15,17H2,1-3H3,(H,28,29,32). The van der Waals surface area contributed by atoms with E-state index in [0.717, 1.165) is 58.1 Å². The molecule has 0 bridgehead atoms. The van der Waals surface area contributed by atoms with Crippen molar-refractivity contribution in [2.75, 3.05) is 37.5 Å². The van der Waals surface area contributed by atoms with Gasteiger partial charge in [0.2, 0.25) is 5.91 Å². The normalized spacial score (nSPS) is 15.4. The Bertz CT molecular complexity index is 1160. The number of ketones is 1. The quantitative estimate of drug-likeness (QED) is 0.439. The van der Waals surface area contributed by atoms with Crippen molar-refractivity contribution in [1.29, 1.82) is 0 Å².